The van der Waals surface area contributed by atoms with Crippen LogP contribution in [0.25, 0.3) is 11.1 Å². The minimum atomic E-state index is -4.54. The molecule has 0 radical (unpaired) electrons. The number of amides is 2. The van der Waals surface area contributed by atoms with Crippen molar-refractivity contribution in [3.05, 3.63) is 58.5 Å². The Morgan fingerprint density at radius 1 is 1.13 bits per heavy atom. The van der Waals surface area contributed by atoms with Gasteiger partial charge in [-0.15, -0.1) is 0 Å². The van der Waals surface area contributed by atoms with Crippen molar-refractivity contribution in [1.82, 2.24) is 20.1 Å². The van der Waals surface area contributed by atoms with Crippen LogP contribution < -0.4 is 21.3 Å². The van der Waals surface area contributed by atoms with Gasteiger partial charge >= 0.3 is 6.18 Å². The first-order chi connectivity index (χ1) is 22.0. The molecule has 2 aliphatic carbocycles. The zero-order chi connectivity index (χ0) is 32.4. The SMILES string of the molecule is CNc1c(-c2ccc(CC3CC3)c(N3CCC4(CC3)N=C(c3ccc(C(F)(F)F)nc3C3CC3)NC4=O)c2)c(C)nn1CC(N)=O. The van der Waals surface area contributed by atoms with Gasteiger partial charge in [0.25, 0.3) is 5.91 Å². The van der Waals surface area contributed by atoms with Gasteiger partial charge in [-0.05, 0) is 87.1 Å². The third-order valence-electron chi connectivity index (χ3n) is 9.60. The van der Waals surface area contributed by atoms with Gasteiger partial charge in [-0.1, -0.05) is 12.1 Å². The molecule has 0 bridgehead atoms. The van der Waals surface area contributed by atoms with Crippen LogP contribution in [0.5, 0.6) is 0 Å². The molecule has 0 atom stereocenters. The third-order valence-corrected chi connectivity index (χ3v) is 9.60. The van der Waals surface area contributed by atoms with Gasteiger partial charge in [0, 0.05) is 42.9 Å². The Morgan fingerprint density at radius 3 is 2.50 bits per heavy atom. The number of hydrogen-bond acceptors (Lipinski definition) is 7. The number of nitrogens with zero attached hydrogens (tertiary/aromatic N) is 5. The number of aromatic nitrogens is 3. The highest BCUT2D eigenvalue weighted by molar-refractivity contribution is 6.16. The van der Waals surface area contributed by atoms with Crippen LogP contribution in [0.2, 0.25) is 0 Å². The van der Waals surface area contributed by atoms with E-state index >= 15 is 0 Å². The predicted octanol–water partition coefficient (Wildman–Crippen LogP) is 4.54. The average molecular weight is 635 g/mol. The van der Waals surface area contributed by atoms with Gasteiger partial charge in [-0.3, -0.25) is 14.6 Å². The summed E-state index contributed by atoms with van der Waals surface area (Å²) in [6, 6.07) is 8.82. The summed E-state index contributed by atoms with van der Waals surface area (Å²) in [4.78, 5) is 36.3. The number of nitrogens with two attached hydrogens (primary N) is 1. The normalized spacial score (nSPS) is 19.4. The molecule has 4 N–H and O–H groups in total. The molecule has 10 nitrogen and oxygen atoms in total. The van der Waals surface area contributed by atoms with E-state index in [1.807, 2.05) is 6.92 Å². The van der Waals surface area contributed by atoms with E-state index in [1.165, 1.54) is 24.5 Å². The van der Waals surface area contributed by atoms with Crippen LogP contribution >= 0.6 is 0 Å². The van der Waals surface area contributed by atoms with Crippen molar-refractivity contribution in [2.24, 2.45) is 16.6 Å². The van der Waals surface area contributed by atoms with Crippen molar-refractivity contribution in [3.8, 4) is 11.1 Å². The van der Waals surface area contributed by atoms with Gasteiger partial charge in [0.1, 0.15) is 29.4 Å². The van der Waals surface area contributed by atoms with Crippen molar-refractivity contribution in [2.45, 2.75) is 76.0 Å². The topological polar surface area (TPSA) is 131 Å². The van der Waals surface area contributed by atoms with Crippen LogP contribution in [0.15, 0.2) is 35.3 Å². The fourth-order valence-corrected chi connectivity index (χ4v) is 6.86. The zero-order valence-corrected chi connectivity index (χ0v) is 25.9. The maximum Gasteiger partial charge on any atom is 0.433 e. The van der Waals surface area contributed by atoms with Crippen LogP contribution in [-0.2, 0) is 28.7 Å². The molecule has 0 unspecified atom stereocenters. The Labute approximate surface area is 264 Å². The van der Waals surface area contributed by atoms with E-state index in [2.05, 4.69) is 43.8 Å². The summed E-state index contributed by atoms with van der Waals surface area (Å²) in [5, 5.41) is 10.7. The van der Waals surface area contributed by atoms with Gasteiger partial charge in [-0.25, -0.2) is 9.67 Å². The molecular formula is C33H37F3N8O2. The van der Waals surface area contributed by atoms with Gasteiger partial charge in [0.05, 0.1) is 11.4 Å². The molecule has 7 rings (SSSR count). The second-order valence-electron chi connectivity index (χ2n) is 13.0. The molecule has 46 heavy (non-hydrogen) atoms. The molecule has 3 aromatic rings. The van der Waals surface area contributed by atoms with Crippen LogP contribution in [0.1, 0.15) is 72.7 Å². The van der Waals surface area contributed by atoms with Crippen LogP contribution in [0.4, 0.5) is 24.7 Å². The third kappa shape index (κ3) is 5.60. The molecule has 1 saturated heterocycles. The highest BCUT2D eigenvalue weighted by atomic mass is 19.4. The van der Waals surface area contributed by atoms with Gasteiger partial charge < -0.3 is 21.3 Å². The molecule has 2 amide bonds. The molecule has 1 aromatic carbocycles. The number of alkyl halides is 3. The standard InChI is InChI=1S/C33H37F3N8O2/c1-18-27(30(38-2)44(42-18)17-26(37)45)22-8-7-21(15-19-3-4-19)24(16-22)43-13-11-32(12-14-43)31(46)40-29(41-32)23-9-10-25(33(34,35)36)39-28(23)20-5-6-20/h7-10,16,19-20,38H,3-6,11-15,17H2,1-2H3,(H2,37,45)(H,40,41,46). The number of amidine groups is 1. The summed E-state index contributed by atoms with van der Waals surface area (Å²) in [5.74, 6) is 0.950. The number of piperidine rings is 1. The molecule has 242 valence electrons. The number of halogens is 3. The van der Waals surface area contributed by atoms with Gasteiger partial charge in [-0.2, -0.15) is 18.3 Å². The fourth-order valence-electron chi connectivity index (χ4n) is 6.86. The first kappa shape index (κ1) is 30.2. The number of carbonyl (C=O) groups is 2. The number of benzene rings is 1. The van der Waals surface area contributed by atoms with E-state index in [9.17, 15) is 22.8 Å². The Kier molecular flexibility index (Phi) is 7.32. The van der Waals surface area contributed by atoms with E-state index in [0.717, 1.165) is 47.8 Å². The van der Waals surface area contributed by atoms with E-state index in [1.54, 1.807) is 11.7 Å². The lowest BCUT2D eigenvalue weighted by Gasteiger charge is -2.38. The number of carbonyl (C=O) groups excluding carboxylic acids is 2. The number of hydrogen-bond donors (Lipinski definition) is 3. The summed E-state index contributed by atoms with van der Waals surface area (Å²) in [5.41, 5.74) is 9.41. The highest BCUT2D eigenvalue weighted by Gasteiger charge is 2.47. The summed E-state index contributed by atoms with van der Waals surface area (Å²) in [6.45, 7) is 3.05. The molecule has 2 aliphatic heterocycles. The lowest BCUT2D eigenvalue weighted by atomic mass is 9.87. The molecule has 4 heterocycles. The second kappa shape index (κ2) is 11.1. The molecule has 2 aromatic heterocycles. The first-order valence-electron chi connectivity index (χ1n) is 15.9. The minimum absolute atomic E-state index is 0.0346. The van der Waals surface area contributed by atoms with Crippen molar-refractivity contribution in [2.75, 3.05) is 30.4 Å². The molecule has 4 aliphatic rings. The molecule has 13 heteroatoms. The Balaban J connectivity index is 1.17. The van der Waals surface area contributed by atoms with Crippen LogP contribution in [-0.4, -0.2) is 58.1 Å². The van der Waals surface area contributed by atoms with Crippen molar-refractivity contribution in [1.29, 1.82) is 0 Å². The first-order valence-corrected chi connectivity index (χ1v) is 15.9. The Hall–Kier alpha value is -4.42. The number of anilines is 2. The van der Waals surface area contributed by atoms with Crippen molar-refractivity contribution < 1.29 is 22.8 Å². The molecule has 2 saturated carbocycles. The Bertz CT molecular complexity index is 1750. The Morgan fingerprint density at radius 2 is 1.87 bits per heavy atom. The monoisotopic (exact) mass is 634 g/mol. The number of aliphatic imine (C=N–C) groups is 1. The summed E-state index contributed by atoms with van der Waals surface area (Å²) in [7, 11) is 1.79. The minimum Gasteiger partial charge on any atom is -0.373 e. The van der Waals surface area contributed by atoms with Gasteiger partial charge in [0.15, 0.2) is 0 Å². The van der Waals surface area contributed by atoms with Crippen LogP contribution in [0, 0.1) is 12.8 Å². The van der Waals surface area contributed by atoms with Crippen molar-refractivity contribution in [3.63, 3.8) is 0 Å². The van der Waals surface area contributed by atoms with E-state index < -0.39 is 23.3 Å². The van der Waals surface area contributed by atoms with Crippen LogP contribution in [0.3, 0.4) is 0 Å². The maximum atomic E-state index is 13.5. The number of pyridine rings is 1. The largest absolute Gasteiger partial charge is 0.433 e. The van der Waals surface area contributed by atoms with E-state index in [4.69, 9.17) is 10.7 Å². The van der Waals surface area contributed by atoms with Gasteiger partial charge in [0.2, 0.25) is 5.91 Å². The smallest absolute Gasteiger partial charge is 0.373 e. The molecular weight excluding hydrogens is 597 g/mol. The zero-order valence-electron chi connectivity index (χ0n) is 25.9. The number of rotatable bonds is 9. The van der Waals surface area contributed by atoms with E-state index in [-0.39, 0.29) is 18.4 Å². The van der Waals surface area contributed by atoms with E-state index in [0.29, 0.717) is 54.8 Å². The number of nitrogens with one attached hydrogen (secondary N) is 2. The average Bonchev–Trinajstić information content (AvgIpc) is 3.95. The number of primary amides is 1. The maximum absolute atomic E-state index is 13.5. The second-order valence-corrected chi connectivity index (χ2v) is 13.0. The number of aryl methyl sites for hydroxylation is 1. The summed E-state index contributed by atoms with van der Waals surface area (Å²) in [6.07, 6.45) is 1.35. The van der Waals surface area contributed by atoms with Crippen molar-refractivity contribution >= 4 is 29.2 Å². The quantitative estimate of drug-likeness (QED) is 0.317. The summed E-state index contributed by atoms with van der Waals surface area (Å²) >= 11 is 0. The molecule has 1 spiro atoms. The fraction of sp³-hybridized carbons (Fsp3) is 0.485. The highest BCUT2D eigenvalue weighted by Crippen LogP contribution is 2.44. The predicted molar refractivity (Wildman–Crippen MR) is 168 cm³/mol. The summed E-state index contributed by atoms with van der Waals surface area (Å²) < 4.78 is 41.9. The lowest BCUT2D eigenvalue weighted by Crippen LogP contribution is -2.49. The lowest BCUT2D eigenvalue weighted by molar-refractivity contribution is -0.141. The molecule has 3 fully saturated rings.